The number of rotatable bonds is 4. The van der Waals surface area contributed by atoms with E-state index >= 15 is 0 Å². The van der Waals surface area contributed by atoms with Crippen molar-refractivity contribution < 1.29 is 8.42 Å². The molecule has 0 fully saturated rings. The largest absolute Gasteiger partial charge is 0.399 e. The number of anilines is 1. The number of hydrogen-bond donors (Lipinski definition) is 1. The summed E-state index contributed by atoms with van der Waals surface area (Å²) in [6.07, 6.45) is 1.55. The molecule has 1 aromatic rings. The molecular formula is C13H19ClN2O2S. The highest BCUT2D eigenvalue weighted by atomic mass is 35.5. The van der Waals surface area contributed by atoms with Crippen molar-refractivity contribution in [2.75, 3.05) is 12.3 Å². The SMILES string of the molecule is C=CCN(C(C)(C)C)S(=O)(=O)c1ccc(N)cc1Cl. The Morgan fingerprint density at radius 1 is 1.42 bits per heavy atom. The third-order valence-electron chi connectivity index (χ3n) is 2.57. The van der Waals surface area contributed by atoms with Crippen LogP contribution in [0.1, 0.15) is 20.8 Å². The normalized spacial score (nSPS) is 12.7. The highest BCUT2D eigenvalue weighted by Crippen LogP contribution is 2.30. The lowest BCUT2D eigenvalue weighted by Gasteiger charge is -2.33. The number of nitrogens with two attached hydrogens (primary N) is 1. The number of hydrogen-bond acceptors (Lipinski definition) is 3. The lowest BCUT2D eigenvalue weighted by Crippen LogP contribution is -2.45. The van der Waals surface area contributed by atoms with E-state index in [1.165, 1.54) is 22.5 Å². The Labute approximate surface area is 119 Å². The number of nitrogen functional groups attached to an aromatic ring is 1. The average Bonchev–Trinajstić information content (AvgIpc) is 2.23. The third-order valence-corrected chi connectivity index (χ3v) is 5.18. The molecular weight excluding hydrogens is 284 g/mol. The van der Waals surface area contributed by atoms with E-state index in [2.05, 4.69) is 6.58 Å². The van der Waals surface area contributed by atoms with Crippen LogP contribution in [0.3, 0.4) is 0 Å². The molecule has 0 amide bonds. The topological polar surface area (TPSA) is 63.4 Å². The fraction of sp³-hybridized carbons (Fsp3) is 0.385. The molecule has 0 aromatic heterocycles. The molecule has 0 aliphatic heterocycles. The maximum absolute atomic E-state index is 12.7. The number of benzene rings is 1. The molecule has 0 bridgehead atoms. The standard InChI is InChI=1S/C13H19ClN2O2S/c1-5-8-16(13(2,3)4)19(17,18)12-7-6-10(15)9-11(12)14/h5-7,9H,1,8,15H2,2-4H3. The highest BCUT2D eigenvalue weighted by Gasteiger charge is 2.34. The first-order valence-electron chi connectivity index (χ1n) is 5.79. The zero-order chi connectivity index (χ0) is 14.8. The van der Waals surface area contributed by atoms with E-state index in [9.17, 15) is 8.42 Å². The zero-order valence-corrected chi connectivity index (χ0v) is 12.9. The molecule has 0 atom stereocenters. The van der Waals surface area contributed by atoms with Crippen molar-refractivity contribution in [1.82, 2.24) is 4.31 Å². The van der Waals surface area contributed by atoms with E-state index in [0.29, 0.717) is 5.69 Å². The molecule has 0 saturated carbocycles. The second kappa shape index (κ2) is 5.53. The fourth-order valence-electron chi connectivity index (χ4n) is 1.69. The summed E-state index contributed by atoms with van der Waals surface area (Å²) in [6.45, 7) is 9.27. The van der Waals surface area contributed by atoms with E-state index in [0.717, 1.165) is 0 Å². The van der Waals surface area contributed by atoms with Gasteiger partial charge in [0.2, 0.25) is 10.0 Å². The van der Waals surface area contributed by atoms with Crippen LogP contribution in [0.4, 0.5) is 5.69 Å². The van der Waals surface area contributed by atoms with Crippen LogP contribution < -0.4 is 5.73 Å². The van der Waals surface area contributed by atoms with Crippen LogP contribution in [0.5, 0.6) is 0 Å². The van der Waals surface area contributed by atoms with Gasteiger partial charge < -0.3 is 5.73 Å². The Morgan fingerprint density at radius 3 is 2.42 bits per heavy atom. The Kier molecular flexibility index (Phi) is 4.66. The van der Waals surface area contributed by atoms with Crippen LogP contribution in [0.15, 0.2) is 35.7 Å². The monoisotopic (exact) mass is 302 g/mol. The lowest BCUT2D eigenvalue weighted by molar-refractivity contribution is 0.270. The molecule has 6 heteroatoms. The number of nitrogens with zero attached hydrogens (tertiary/aromatic N) is 1. The van der Waals surface area contributed by atoms with Crippen molar-refractivity contribution in [3.05, 3.63) is 35.9 Å². The van der Waals surface area contributed by atoms with Crippen LogP contribution in [0.2, 0.25) is 5.02 Å². The minimum Gasteiger partial charge on any atom is -0.399 e. The van der Waals surface area contributed by atoms with Crippen LogP contribution in [-0.2, 0) is 10.0 Å². The van der Waals surface area contributed by atoms with Crippen molar-refractivity contribution in [3.8, 4) is 0 Å². The first-order valence-corrected chi connectivity index (χ1v) is 7.61. The van der Waals surface area contributed by atoms with Crippen molar-refractivity contribution in [3.63, 3.8) is 0 Å². The van der Waals surface area contributed by atoms with E-state index in [-0.39, 0.29) is 16.5 Å². The van der Waals surface area contributed by atoms with Gasteiger partial charge in [0.25, 0.3) is 0 Å². The Bertz CT molecular complexity index is 577. The highest BCUT2D eigenvalue weighted by molar-refractivity contribution is 7.89. The van der Waals surface area contributed by atoms with Gasteiger partial charge in [-0.2, -0.15) is 4.31 Å². The van der Waals surface area contributed by atoms with Gasteiger partial charge in [-0.1, -0.05) is 17.7 Å². The van der Waals surface area contributed by atoms with Crippen molar-refractivity contribution >= 4 is 27.3 Å². The van der Waals surface area contributed by atoms with Gasteiger partial charge in [0.1, 0.15) is 4.90 Å². The van der Waals surface area contributed by atoms with E-state index in [1.807, 2.05) is 20.8 Å². The molecule has 0 aliphatic carbocycles. The molecule has 106 valence electrons. The molecule has 1 rings (SSSR count). The molecule has 0 spiro atoms. The Morgan fingerprint density at radius 2 is 2.00 bits per heavy atom. The minimum atomic E-state index is -3.69. The van der Waals surface area contributed by atoms with E-state index < -0.39 is 15.6 Å². The average molecular weight is 303 g/mol. The zero-order valence-electron chi connectivity index (χ0n) is 11.4. The smallest absolute Gasteiger partial charge is 0.245 e. The van der Waals surface area contributed by atoms with E-state index in [4.69, 9.17) is 17.3 Å². The summed E-state index contributed by atoms with van der Waals surface area (Å²) in [5.74, 6) is 0. The first kappa shape index (κ1) is 16.0. The lowest BCUT2D eigenvalue weighted by atomic mass is 10.1. The first-order chi connectivity index (χ1) is 8.60. The van der Waals surface area contributed by atoms with Gasteiger partial charge in [0, 0.05) is 17.8 Å². The molecule has 2 N–H and O–H groups in total. The van der Waals surface area contributed by atoms with Crippen LogP contribution >= 0.6 is 11.6 Å². The second-order valence-corrected chi connectivity index (χ2v) is 7.42. The Hall–Kier alpha value is -1.04. The summed E-state index contributed by atoms with van der Waals surface area (Å²) in [6, 6.07) is 4.38. The molecule has 19 heavy (non-hydrogen) atoms. The predicted octanol–water partition coefficient (Wildman–Crippen LogP) is 2.90. The number of halogens is 1. The molecule has 0 saturated heterocycles. The fourth-order valence-corrected chi connectivity index (χ4v) is 3.98. The van der Waals surface area contributed by atoms with Crippen LogP contribution in [0, 0.1) is 0 Å². The van der Waals surface area contributed by atoms with Gasteiger partial charge in [0.15, 0.2) is 0 Å². The molecule has 0 unspecified atom stereocenters. The van der Waals surface area contributed by atoms with Crippen LogP contribution in [0.25, 0.3) is 0 Å². The summed E-state index contributed by atoms with van der Waals surface area (Å²) < 4.78 is 26.7. The van der Waals surface area contributed by atoms with Crippen molar-refractivity contribution in [2.24, 2.45) is 0 Å². The van der Waals surface area contributed by atoms with E-state index in [1.54, 1.807) is 6.08 Å². The van der Waals surface area contributed by atoms with Crippen molar-refractivity contribution in [2.45, 2.75) is 31.2 Å². The molecule has 0 heterocycles. The van der Waals surface area contributed by atoms with Gasteiger partial charge in [-0.05, 0) is 39.0 Å². The summed E-state index contributed by atoms with van der Waals surface area (Å²) >= 11 is 6.00. The number of sulfonamides is 1. The van der Waals surface area contributed by atoms with Crippen LogP contribution in [-0.4, -0.2) is 24.8 Å². The van der Waals surface area contributed by atoms with Gasteiger partial charge in [-0.25, -0.2) is 8.42 Å². The third kappa shape index (κ3) is 3.49. The molecule has 1 aromatic carbocycles. The molecule has 0 radical (unpaired) electrons. The van der Waals surface area contributed by atoms with Gasteiger partial charge in [-0.15, -0.1) is 6.58 Å². The second-order valence-electron chi connectivity index (χ2n) is 5.19. The summed E-state index contributed by atoms with van der Waals surface area (Å²) in [4.78, 5) is 0.0557. The quantitative estimate of drug-likeness (QED) is 0.687. The van der Waals surface area contributed by atoms with Crippen molar-refractivity contribution in [1.29, 1.82) is 0 Å². The van der Waals surface area contributed by atoms with Gasteiger partial charge in [0.05, 0.1) is 5.02 Å². The van der Waals surface area contributed by atoms with Gasteiger partial charge >= 0.3 is 0 Å². The summed E-state index contributed by atoms with van der Waals surface area (Å²) in [7, 11) is -3.69. The molecule has 4 nitrogen and oxygen atoms in total. The predicted molar refractivity (Wildman–Crippen MR) is 79.7 cm³/mol. The summed E-state index contributed by atoms with van der Waals surface area (Å²) in [5, 5.41) is 0.123. The maximum atomic E-state index is 12.7. The maximum Gasteiger partial charge on any atom is 0.245 e. The minimum absolute atomic E-state index is 0.0557. The summed E-state index contributed by atoms with van der Waals surface area (Å²) in [5.41, 5.74) is 5.44. The Balaban J connectivity index is 3.39. The van der Waals surface area contributed by atoms with Gasteiger partial charge in [-0.3, -0.25) is 0 Å². The molecule has 0 aliphatic rings.